The molecule has 2 fully saturated rings. The quantitative estimate of drug-likeness (QED) is 0.386. The van der Waals surface area contributed by atoms with E-state index in [2.05, 4.69) is 20.2 Å². The topological polar surface area (TPSA) is 105 Å². The van der Waals surface area contributed by atoms with Crippen molar-refractivity contribution < 1.29 is 27.8 Å². The molecule has 2 aliphatic rings. The van der Waals surface area contributed by atoms with E-state index in [1.807, 2.05) is 39.2 Å². The molecule has 0 radical (unpaired) electrons. The number of alkyl halides is 3. The van der Waals surface area contributed by atoms with Gasteiger partial charge < -0.3 is 24.6 Å². The third kappa shape index (κ3) is 5.72. The van der Waals surface area contributed by atoms with Gasteiger partial charge in [-0.25, -0.2) is 14.8 Å². The molecule has 1 aromatic carbocycles. The number of nitrogens with zero attached hydrogens (tertiary/aromatic N) is 5. The Hall–Kier alpha value is -3.41. The van der Waals surface area contributed by atoms with E-state index in [-0.39, 0.29) is 24.1 Å². The number of carboxylic acid groups (broad SMARTS) is 1. The van der Waals surface area contributed by atoms with E-state index in [0.717, 1.165) is 31.4 Å². The van der Waals surface area contributed by atoms with E-state index in [9.17, 15) is 23.1 Å². The summed E-state index contributed by atoms with van der Waals surface area (Å²) in [6.07, 6.45) is -1.15. The molecular weight excluding hydrogens is 525 g/mol. The average Bonchev–Trinajstić information content (AvgIpc) is 3.14. The first-order chi connectivity index (χ1) is 18.6. The van der Waals surface area contributed by atoms with Crippen molar-refractivity contribution in [2.24, 2.45) is 5.92 Å². The number of halogens is 3. The van der Waals surface area contributed by atoms with E-state index in [4.69, 9.17) is 9.72 Å². The highest BCUT2D eigenvalue weighted by Crippen LogP contribution is 2.37. The Bertz CT molecular complexity index is 1400. The van der Waals surface area contributed by atoms with Crippen molar-refractivity contribution in [2.45, 2.75) is 83.8 Å². The van der Waals surface area contributed by atoms with Gasteiger partial charge in [-0.1, -0.05) is 18.6 Å². The van der Waals surface area contributed by atoms with Crippen LogP contribution in [-0.4, -0.2) is 60.9 Å². The van der Waals surface area contributed by atoms with Crippen molar-refractivity contribution in [3.8, 4) is 0 Å². The number of aromatic nitrogens is 4. The summed E-state index contributed by atoms with van der Waals surface area (Å²) < 4.78 is 47.8. The fourth-order valence-electron chi connectivity index (χ4n) is 5.80. The average molecular weight is 561 g/mol. The minimum Gasteiger partial charge on any atom is -0.475 e. The third-order valence-electron chi connectivity index (χ3n) is 7.60. The lowest BCUT2D eigenvalue weighted by atomic mass is 9.80. The maximum atomic E-state index is 13.2. The fraction of sp³-hybridized carbons (Fsp3) is 0.571. The van der Waals surface area contributed by atoms with Crippen LogP contribution in [0.2, 0.25) is 0 Å². The molecule has 2 aromatic heterocycles. The number of rotatable bonds is 7. The highest BCUT2D eigenvalue weighted by atomic mass is 19.4. The molecule has 0 amide bonds. The largest absolute Gasteiger partial charge is 0.475 e. The summed E-state index contributed by atoms with van der Waals surface area (Å²) in [6, 6.07) is 5.05. The molecule has 3 heterocycles. The zero-order valence-electron chi connectivity index (χ0n) is 23.3. The molecule has 0 spiro atoms. The normalized spacial score (nSPS) is 19.9. The summed E-state index contributed by atoms with van der Waals surface area (Å²) in [4.78, 5) is 27.5. The molecule has 40 heavy (non-hydrogen) atoms. The highest BCUT2D eigenvalue weighted by Gasteiger charge is 2.40. The zero-order valence-corrected chi connectivity index (χ0v) is 23.3. The summed E-state index contributed by atoms with van der Waals surface area (Å²) in [6.45, 7) is 11.2. The van der Waals surface area contributed by atoms with Gasteiger partial charge >= 0.3 is 12.1 Å². The fourth-order valence-corrected chi connectivity index (χ4v) is 5.80. The number of carbonyl (C=O) groups is 1. The van der Waals surface area contributed by atoms with Crippen molar-refractivity contribution in [1.29, 1.82) is 0 Å². The molecule has 1 aliphatic heterocycles. The molecule has 5 rings (SSSR count). The lowest BCUT2D eigenvalue weighted by Crippen LogP contribution is -2.57. The lowest BCUT2D eigenvalue weighted by Gasteiger charge is -2.47. The minimum absolute atomic E-state index is 0.0348. The van der Waals surface area contributed by atoms with Crippen molar-refractivity contribution in [2.75, 3.05) is 23.3 Å². The van der Waals surface area contributed by atoms with Crippen LogP contribution in [0.15, 0.2) is 24.3 Å². The van der Waals surface area contributed by atoms with Gasteiger partial charge in [0, 0.05) is 19.1 Å². The van der Waals surface area contributed by atoms with E-state index in [1.54, 1.807) is 0 Å². The molecule has 2 N–H and O–H groups in total. The first kappa shape index (κ1) is 28.1. The number of imidazole rings is 1. The Kier molecular flexibility index (Phi) is 6.96. The van der Waals surface area contributed by atoms with Gasteiger partial charge in [-0.05, 0) is 71.1 Å². The number of carboxylic acids is 1. The Labute approximate surface area is 230 Å². The van der Waals surface area contributed by atoms with Gasteiger partial charge in [0.05, 0.1) is 23.3 Å². The van der Waals surface area contributed by atoms with Gasteiger partial charge in [0.25, 0.3) is 0 Å². The molecule has 3 aromatic rings. The van der Waals surface area contributed by atoms with Crippen molar-refractivity contribution in [3.63, 3.8) is 0 Å². The maximum absolute atomic E-state index is 13.2. The molecule has 0 unspecified atom stereocenters. The van der Waals surface area contributed by atoms with E-state index < -0.39 is 28.9 Å². The Balaban J connectivity index is 1.66. The SMILES string of the molecule is C[C@@H](Nc1nc(C(=O)O)nc2nc(N3CC(C)(C)OC(C)(C)C3)n(Cc3ccc(C(F)(F)F)cc3)c12)C1CCC1. The van der Waals surface area contributed by atoms with E-state index >= 15 is 0 Å². The number of hydrogen-bond donors (Lipinski definition) is 2. The van der Waals surface area contributed by atoms with Crippen LogP contribution in [0.1, 0.15) is 75.6 Å². The standard InChI is InChI=1S/C28H35F3N6O3/c1-16(18-7-6-8-18)32-21-20-22(34-23(33-21)24(38)39)35-25(36-14-26(2,3)40-27(4,5)15-36)37(20)13-17-9-11-19(12-10-17)28(29,30)31/h9-12,16,18H,6-8,13-15H2,1-5H3,(H,38,39)(H,32,33,34)/t16-/m1/s1. The molecule has 1 saturated heterocycles. The monoisotopic (exact) mass is 560 g/mol. The molecule has 12 heteroatoms. The van der Waals surface area contributed by atoms with Crippen LogP contribution in [0.25, 0.3) is 11.2 Å². The number of benzene rings is 1. The Morgan fingerprint density at radius 3 is 2.25 bits per heavy atom. The number of fused-ring (bicyclic) bond motifs is 1. The van der Waals surface area contributed by atoms with Crippen LogP contribution < -0.4 is 10.2 Å². The summed E-state index contributed by atoms with van der Waals surface area (Å²) >= 11 is 0. The summed E-state index contributed by atoms with van der Waals surface area (Å²) in [5.74, 6) is -0.336. The van der Waals surface area contributed by atoms with Gasteiger partial charge in [-0.15, -0.1) is 0 Å². The number of aromatic carboxylic acids is 1. The third-order valence-corrected chi connectivity index (χ3v) is 7.60. The van der Waals surface area contributed by atoms with Gasteiger partial charge in [-0.2, -0.15) is 18.2 Å². The minimum atomic E-state index is -4.44. The Morgan fingerprint density at radius 1 is 1.10 bits per heavy atom. The summed E-state index contributed by atoms with van der Waals surface area (Å²) in [5, 5.41) is 13.2. The number of hydrogen-bond acceptors (Lipinski definition) is 7. The molecule has 1 saturated carbocycles. The molecule has 9 nitrogen and oxygen atoms in total. The predicted molar refractivity (Wildman–Crippen MR) is 145 cm³/mol. The second-order valence-electron chi connectivity index (χ2n) is 12.2. The second-order valence-corrected chi connectivity index (χ2v) is 12.2. The molecule has 0 bridgehead atoms. The zero-order chi connectivity index (χ0) is 29.0. The van der Waals surface area contributed by atoms with Crippen LogP contribution in [-0.2, 0) is 17.5 Å². The highest BCUT2D eigenvalue weighted by molar-refractivity contribution is 5.91. The number of nitrogens with one attached hydrogen (secondary N) is 1. The molecule has 216 valence electrons. The molecule has 1 atom stereocenters. The molecular formula is C28H35F3N6O3. The first-order valence-corrected chi connectivity index (χ1v) is 13.5. The predicted octanol–water partition coefficient (Wildman–Crippen LogP) is 5.59. The van der Waals surface area contributed by atoms with E-state index in [0.29, 0.717) is 41.9 Å². The van der Waals surface area contributed by atoms with Crippen molar-refractivity contribution >= 4 is 28.9 Å². The van der Waals surface area contributed by atoms with Crippen LogP contribution in [0.5, 0.6) is 0 Å². The summed E-state index contributed by atoms with van der Waals surface area (Å²) in [5.41, 5.74) is -0.420. The number of anilines is 2. The van der Waals surface area contributed by atoms with Gasteiger partial charge in [0.1, 0.15) is 5.52 Å². The van der Waals surface area contributed by atoms with Crippen LogP contribution in [0.3, 0.4) is 0 Å². The van der Waals surface area contributed by atoms with Crippen LogP contribution >= 0.6 is 0 Å². The van der Waals surface area contributed by atoms with E-state index in [1.165, 1.54) is 12.1 Å². The lowest BCUT2D eigenvalue weighted by molar-refractivity contribution is -0.137. The second kappa shape index (κ2) is 9.90. The van der Waals surface area contributed by atoms with Gasteiger partial charge in [-0.3, -0.25) is 0 Å². The number of morpholine rings is 1. The smallest absolute Gasteiger partial charge is 0.416 e. The first-order valence-electron chi connectivity index (χ1n) is 13.5. The van der Waals surface area contributed by atoms with Crippen molar-refractivity contribution in [1.82, 2.24) is 19.5 Å². The maximum Gasteiger partial charge on any atom is 0.416 e. The molecule has 1 aliphatic carbocycles. The number of ether oxygens (including phenoxy) is 1. The van der Waals surface area contributed by atoms with Gasteiger partial charge in [0.15, 0.2) is 11.5 Å². The van der Waals surface area contributed by atoms with Crippen molar-refractivity contribution in [3.05, 3.63) is 41.2 Å². The van der Waals surface area contributed by atoms with Crippen LogP contribution in [0.4, 0.5) is 24.9 Å². The summed E-state index contributed by atoms with van der Waals surface area (Å²) in [7, 11) is 0. The van der Waals surface area contributed by atoms with Crippen LogP contribution in [0, 0.1) is 5.92 Å². The van der Waals surface area contributed by atoms with Gasteiger partial charge in [0.2, 0.25) is 11.8 Å². The Morgan fingerprint density at radius 2 is 1.73 bits per heavy atom.